The van der Waals surface area contributed by atoms with E-state index < -0.39 is 25.1 Å². The van der Waals surface area contributed by atoms with E-state index in [-0.39, 0.29) is 43.3 Å². The number of allylic oxidation sites excluding steroid dienone is 1. The predicted octanol–water partition coefficient (Wildman–Crippen LogP) is 4.55. The van der Waals surface area contributed by atoms with Crippen molar-refractivity contribution in [1.29, 1.82) is 0 Å². The zero-order valence-electron chi connectivity index (χ0n) is 27.1. The fourth-order valence-electron chi connectivity index (χ4n) is 8.44. The Hall–Kier alpha value is -3.80. The number of hydrogen-bond acceptors (Lipinski definition) is 8. The highest BCUT2D eigenvalue weighted by Crippen LogP contribution is 2.51. The summed E-state index contributed by atoms with van der Waals surface area (Å²) >= 11 is 0. The zero-order chi connectivity index (χ0) is 33.2. The Morgan fingerprint density at radius 3 is 2.31 bits per heavy atom. The van der Waals surface area contributed by atoms with Gasteiger partial charge in [-0.2, -0.15) is 0 Å². The van der Waals surface area contributed by atoms with Gasteiger partial charge in [-0.05, 0) is 90.4 Å². The van der Waals surface area contributed by atoms with E-state index in [0.29, 0.717) is 30.8 Å². The van der Waals surface area contributed by atoms with E-state index in [9.17, 15) is 24.8 Å². The van der Waals surface area contributed by atoms with Crippen molar-refractivity contribution < 1.29 is 33.9 Å². The summed E-state index contributed by atoms with van der Waals surface area (Å²) in [6.45, 7) is 2.07. The van der Waals surface area contributed by atoms with Crippen molar-refractivity contribution in [1.82, 2.24) is 9.80 Å². The van der Waals surface area contributed by atoms with Gasteiger partial charge in [0.05, 0.1) is 24.5 Å². The zero-order valence-corrected chi connectivity index (χ0v) is 27.1. The number of carbonyl (C=O) groups is 2. The molecule has 4 atom stereocenters. The molecule has 3 fully saturated rings. The maximum absolute atomic E-state index is 14.2. The average molecular weight is 651 g/mol. The molecule has 2 amide bonds. The van der Waals surface area contributed by atoms with Crippen LogP contribution in [-0.4, -0.2) is 75.8 Å². The van der Waals surface area contributed by atoms with Gasteiger partial charge in [0.25, 0.3) is 0 Å². The molecule has 2 aromatic carbocycles. The maximum atomic E-state index is 14.2. The summed E-state index contributed by atoms with van der Waals surface area (Å²) in [6.07, 6.45) is 4.53. The van der Waals surface area contributed by atoms with E-state index in [1.807, 2.05) is 60.7 Å². The van der Waals surface area contributed by atoms with Gasteiger partial charge in [-0.1, -0.05) is 60.7 Å². The Labute approximate surface area is 281 Å². The number of hydrogen-bond donors (Lipinski definition) is 3. The van der Waals surface area contributed by atoms with Crippen molar-refractivity contribution in [3.63, 3.8) is 0 Å². The Kier molecular flexibility index (Phi) is 9.79. The molecular formula is C38H43BN2O7. The highest BCUT2D eigenvalue weighted by molar-refractivity contribution is 6.43. The van der Waals surface area contributed by atoms with Gasteiger partial charge >= 0.3 is 7.12 Å². The summed E-state index contributed by atoms with van der Waals surface area (Å²) in [5.41, 5.74) is 4.88. The summed E-state index contributed by atoms with van der Waals surface area (Å²) in [5, 5.41) is 31.1. The first-order chi connectivity index (χ1) is 23.4. The average Bonchev–Trinajstić information content (AvgIpc) is 3.68. The molecule has 0 spiro atoms. The van der Waals surface area contributed by atoms with E-state index in [1.54, 1.807) is 11.0 Å². The van der Waals surface area contributed by atoms with Crippen LogP contribution in [0.5, 0.6) is 0 Å². The lowest BCUT2D eigenvalue weighted by Gasteiger charge is -2.43. The topological polar surface area (TPSA) is 124 Å². The highest BCUT2D eigenvalue weighted by atomic mass is 16.5. The largest absolute Gasteiger partial charge is 0.459 e. The third-order valence-electron chi connectivity index (χ3n) is 10.7. The lowest BCUT2D eigenvalue weighted by Crippen LogP contribution is -2.48. The summed E-state index contributed by atoms with van der Waals surface area (Å²) in [4.78, 5) is 32.1. The third kappa shape index (κ3) is 6.60. The van der Waals surface area contributed by atoms with Crippen molar-refractivity contribution >= 4 is 30.6 Å². The lowest BCUT2D eigenvalue weighted by atomic mass is 9.58. The number of likely N-dealkylation sites (tertiary alicyclic amines) is 2. The quantitative estimate of drug-likeness (QED) is 0.166. The number of benzene rings is 2. The Bertz CT molecular complexity index is 1660. The Morgan fingerprint density at radius 1 is 0.896 bits per heavy atom. The van der Waals surface area contributed by atoms with Crippen LogP contribution in [0.3, 0.4) is 0 Å². The van der Waals surface area contributed by atoms with Crippen LogP contribution in [0.15, 0.2) is 88.4 Å². The first-order valence-electron chi connectivity index (χ1n) is 17.2. The van der Waals surface area contributed by atoms with Gasteiger partial charge in [-0.25, -0.2) is 0 Å². The molecule has 48 heavy (non-hydrogen) atoms. The molecule has 9 nitrogen and oxygen atoms in total. The normalized spacial score (nSPS) is 25.5. The molecule has 4 heterocycles. The molecule has 3 saturated heterocycles. The second-order valence-electron chi connectivity index (χ2n) is 13.6. The smallest absolute Gasteiger partial charge is 0.455 e. The minimum atomic E-state index is -1.08. The molecule has 0 unspecified atom stereocenters. The molecule has 250 valence electrons. The second kappa shape index (κ2) is 14.4. The highest BCUT2D eigenvalue weighted by Gasteiger charge is 2.58. The summed E-state index contributed by atoms with van der Waals surface area (Å²) in [5.74, 6) is -0.633. The molecular weight excluding hydrogens is 607 g/mol. The number of aliphatic hydroxyl groups excluding tert-OH is 2. The molecule has 0 saturated carbocycles. The molecule has 0 radical (unpaired) electrons. The fourth-order valence-corrected chi connectivity index (χ4v) is 8.44. The summed E-state index contributed by atoms with van der Waals surface area (Å²) in [7, 11) is -1.08. The van der Waals surface area contributed by atoms with Gasteiger partial charge in [0, 0.05) is 25.7 Å². The number of nitrogens with zero attached hydrogens (tertiary/aromatic N) is 2. The SMILES string of the molecule is O=C1[C@@H]2[C@@H](CC(CO)=C3[C@@H](CC/C(=C/c4ccc(CO)o4)c4ccccc4)OB(O)C[C@@H]32)C(=O)N1C1CCN(Cc2ccccc2)CC1. The van der Waals surface area contributed by atoms with Gasteiger partial charge in [0.15, 0.2) is 0 Å². The van der Waals surface area contributed by atoms with Crippen LogP contribution in [0.1, 0.15) is 54.8 Å². The number of piperidine rings is 1. The van der Waals surface area contributed by atoms with E-state index in [2.05, 4.69) is 17.0 Å². The number of fused-ring (bicyclic) bond motifs is 3. The molecule has 4 aliphatic rings. The minimum absolute atomic E-state index is 0.135. The number of imide groups is 1. The van der Waals surface area contributed by atoms with Crippen molar-refractivity contribution in [2.75, 3.05) is 19.7 Å². The van der Waals surface area contributed by atoms with Crippen LogP contribution in [0.2, 0.25) is 6.32 Å². The van der Waals surface area contributed by atoms with Gasteiger partial charge < -0.3 is 24.3 Å². The molecule has 0 bridgehead atoms. The molecule has 1 aromatic heterocycles. The first kappa shape index (κ1) is 32.7. The number of carbonyl (C=O) groups excluding carboxylic acids is 2. The molecule has 7 rings (SSSR count). The van der Waals surface area contributed by atoms with Crippen LogP contribution >= 0.6 is 0 Å². The molecule has 10 heteroatoms. The van der Waals surface area contributed by atoms with E-state index >= 15 is 0 Å². The lowest BCUT2D eigenvalue weighted by molar-refractivity contribution is -0.144. The molecule has 3 aliphatic heterocycles. The predicted molar refractivity (Wildman–Crippen MR) is 182 cm³/mol. The third-order valence-corrected chi connectivity index (χ3v) is 10.7. The van der Waals surface area contributed by atoms with Crippen molar-refractivity contribution in [3.05, 3.63) is 107 Å². The van der Waals surface area contributed by atoms with Gasteiger partial charge in [0.2, 0.25) is 11.8 Å². The van der Waals surface area contributed by atoms with Crippen LogP contribution in [-0.2, 0) is 27.4 Å². The van der Waals surface area contributed by atoms with Gasteiger partial charge in [-0.3, -0.25) is 19.4 Å². The second-order valence-corrected chi connectivity index (χ2v) is 13.6. The van der Waals surface area contributed by atoms with E-state index in [4.69, 9.17) is 9.07 Å². The number of furan rings is 1. The first-order valence-corrected chi connectivity index (χ1v) is 17.2. The van der Waals surface area contributed by atoms with Crippen molar-refractivity contribution in [3.8, 4) is 0 Å². The Balaban J connectivity index is 1.09. The molecule has 1 aliphatic carbocycles. The van der Waals surface area contributed by atoms with Crippen LogP contribution < -0.4 is 0 Å². The minimum Gasteiger partial charge on any atom is -0.459 e. The monoisotopic (exact) mass is 650 g/mol. The fraction of sp³-hybridized carbons (Fsp3) is 0.421. The van der Waals surface area contributed by atoms with Crippen LogP contribution in [0.25, 0.3) is 11.6 Å². The van der Waals surface area contributed by atoms with E-state index in [1.165, 1.54) is 5.56 Å². The van der Waals surface area contributed by atoms with Gasteiger partial charge in [0.1, 0.15) is 18.1 Å². The van der Waals surface area contributed by atoms with Crippen molar-refractivity contribution in [2.45, 2.75) is 63.7 Å². The number of aliphatic hydroxyl groups is 2. The summed E-state index contributed by atoms with van der Waals surface area (Å²) in [6, 6.07) is 23.7. The molecule has 3 aromatic rings. The molecule has 3 N–H and O–H groups in total. The standard InChI is InChI=1S/C38H43BN2O7/c42-23-28-20-32-36(38(45)41(37(32)44)29-15-17-40(18-16-29)22-25-7-3-1-4-8-25)33-21-39(46)48-34(35(28)33)14-11-27(26-9-5-2-6-10-26)19-30-12-13-31(24-43)47-30/h1-10,12-13,19,29,32-34,36,42-43,46H,11,14-18,20-24H2/b27-19-/t32-,33+,34-,36-/m1/s1. The van der Waals surface area contributed by atoms with Crippen LogP contribution in [0, 0.1) is 17.8 Å². The summed E-state index contributed by atoms with van der Waals surface area (Å²) < 4.78 is 11.9. The number of rotatable bonds is 10. The maximum Gasteiger partial charge on any atom is 0.455 e. The van der Waals surface area contributed by atoms with Crippen molar-refractivity contribution in [2.24, 2.45) is 17.8 Å². The number of amides is 2. The van der Waals surface area contributed by atoms with Gasteiger partial charge in [-0.15, -0.1) is 0 Å². The van der Waals surface area contributed by atoms with E-state index in [0.717, 1.165) is 54.8 Å². The Morgan fingerprint density at radius 2 is 1.62 bits per heavy atom. The van der Waals surface area contributed by atoms with Crippen LogP contribution in [0.4, 0.5) is 0 Å².